The third kappa shape index (κ3) is 3.91. The number of hydrogen-bond acceptors (Lipinski definition) is 0. The van der Waals surface area contributed by atoms with E-state index in [1.165, 1.54) is 65.1 Å². The number of fused-ring (bicyclic) bond motifs is 1. The second kappa shape index (κ2) is 7.75. The molecule has 0 amide bonds. The molecular formula is C26H31Zr-. The van der Waals surface area contributed by atoms with Gasteiger partial charge in [-0.05, 0) is 41.2 Å². The monoisotopic (exact) mass is 433 g/mol. The van der Waals surface area contributed by atoms with Crippen molar-refractivity contribution in [2.75, 3.05) is 0 Å². The van der Waals surface area contributed by atoms with Crippen LogP contribution in [0.3, 0.4) is 0 Å². The van der Waals surface area contributed by atoms with Crippen LogP contribution in [0.5, 0.6) is 0 Å². The molecule has 0 saturated heterocycles. The fourth-order valence-corrected chi connectivity index (χ4v) is 4.77. The summed E-state index contributed by atoms with van der Waals surface area (Å²) in [5.74, 6) is 0. The van der Waals surface area contributed by atoms with Crippen molar-refractivity contribution < 1.29 is 26.2 Å². The van der Waals surface area contributed by atoms with Crippen LogP contribution in [-0.4, -0.2) is 0 Å². The molecule has 0 bridgehead atoms. The Morgan fingerprint density at radius 3 is 2.30 bits per heavy atom. The summed E-state index contributed by atoms with van der Waals surface area (Å²) in [6.45, 7) is 9.30. The fraction of sp³-hybridized carbons (Fsp3) is 0.423. The quantitative estimate of drug-likeness (QED) is 0.370. The van der Waals surface area contributed by atoms with Crippen molar-refractivity contribution in [2.24, 2.45) is 5.41 Å². The van der Waals surface area contributed by atoms with Crippen molar-refractivity contribution in [1.82, 2.24) is 0 Å². The third-order valence-corrected chi connectivity index (χ3v) is 6.58. The van der Waals surface area contributed by atoms with Gasteiger partial charge in [0.2, 0.25) is 0 Å². The minimum atomic E-state index is 0. The Morgan fingerprint density at radius 2 is 1.67 bits per heavy atom. The van der Waals surface area contributed by atoms with Crippen LogP contribution in [-0.2, 0) is 38.0 Å². The minimum absolute atomic E-state index is 0. The van der Waals surface area contributed by atoms with Crippen LogP contribution < -0.4 is 0 Å². The zero-order valence-corrected chi connectivity index (χ0v) is 19.7. The maximum atomic E-state index is 2.47. The summed E-state index contributed by atoms with van der Waals surface area (Å²) >= 11 is 0. The van der Waals surface area contributed by atoms with Crippen molar-refractivity contribution in [2.45, 2.75) is 65.2 Å². The first-order valence-corrected chi connectivity index (χ1v) is 10.2. The molecule has 0 unspecified atom stereocenters. The van der Waals surface area contributed by atoms with E-state index in [1.807, 2.05) is 0 Å². The molecule has 3 aromatic carbocycles. The summed E-state index contributed by atoms with van der Waals surface area (Å²) in [5.41, 5.74) is 6.46. The summed E-state index contributed by atoms with van der Waals surface area (Å²) < 4.78 is 0. The molecule has 0 N–H and O–H groups in total. The number of hydrogen-bond donors (Lipinski definition) is 0. The maximum Gasteiger partial charge on any atom is 0 e. The van der Waals surface area contributed by atoms with E-state index in [-0.39, 0.29) is 31.6 Å². The van der Waals surface area contributed by atoms with Crippen molar-refractivity contribution in [3.63, 3.8) is 0 Å². The molecule has 1 saturated carbocycles. The van der Waals surface area contributed by atoms with Gasteiger partial charge in [-0.2, -0.15) is 6.07 Å². The van der Waals surface area contributed by atoms with Crippen LogP contribution in [0.1, 0.15) is 64.5 Å². The van der Waals surface area contributed by atoms with Crippen LogP contribution >= 0.6 is 0 Å². The van der Waals surface area contributed by atoms with Crippen molar-refractivity contribution in [3.8, 4) is 11.1 Å². The molecule has 0 radical (unpaired) electrons. The molecule has 140 valence electrons. The van der Waals surface area contributed by atoms with E-state index in [1.54, 1.807) is 0 Å². The summed E-state index contributed by atoms with van der Waals surface area (Å²) in [6, 6.07) is 20.6. The summed E-state index contributed by atoms with van der Waals surface area (Å²) in [7, 11) is 0. The van der Waals surface area contributed by atoms with Gasteiger partial charge >= 0.3 is 0 Å². The van der Waals surface area contributed by atoms with Gasteiger partial charge in [-0.3, -0.25) is 0 Å². The van der Waals surface area contributed by atoms with E-state index in [0.717, 1.165) is 0 Å². The molecule has 27 heavy (non-hydrogen) atoms. The third-order valence-electron chi connectivity index (χ3n) is 6.58. The predicted octanol–water partition coefficient (Wildman–Crippen LogP) is 7.64. The fourth-order valence-electron chi connectivity index (χ4n) is 4.77. The second-order valence-electron chi connectivity index (χ2n) is 9.35. The standard InChI is InChI=1S/C26H31.Zr/c1-5-26(14-9-15-26)18-19-16-20-10-8-12-21(23(20)17-19)22-11-6-7-13-24(22)25(2,3)4;/h6-8,10-13,16-17H,5,9,14-15,18H2,1-4H3;/q-1;. The van der Waals surface area contributed by atoms with Gasteiger partial charge < -0.3 is 0 Å². The topological polar surface area (TPSA) is 0 Å². The Morgan fingerprint density at radius 1 is 0.963 bits per heavy atom. The molecule has 1 aliphatic rings. The van der Waals surface area contributed by atoms with E-state index in [2.05, 4.69) is 82.3 Å². The number of rotatable bonds is 4. The van der Waals surface area contributed by atoms with Crippen molar-refractivity contribution in [3.05, 3.63) is 65.7 Å². The first-order chi connectivity index (χ1) is 12.4. The molecule has 0 nitrogen and oxygen atoms in total. The summed E-state index contributed by atoms with van der Waals surface area (Å²) in [6.07, 6.45) is 6.79. The van der Waals surface area contributed by atoms with Crippen molar-refractivity contribution in [1.29, 1.82) is 0 Å². The molecule has 1 heteroatoms. The average molecular weight is 435 g/mol. The van der Waals surface area contributed by atoms with Gasteiger partial charge in [0.25, 0.3) is 0 Å². The Labute approximate surface area is 183 Å². The Hall–Kier alpha value is -1.07. The van der Waals surface area contributed by atoms with Gasteiger partial charge in [0, 0.05) is 26.2 Å². The molecule has 0 aromatic heterocycles. The maximum absolute atomic E-state index is 2.47. The normalized spacial score (nSPS) is 16.0. The van der Waals surface area contributed by atoms with Crippen LogP contribution in [0.2, 0.25) is 0 Å². The van der Waals surface area contributed by atoms with Gasteiger partial charge in [-0.25, -0.2) is 0 Å². The molecule has 4 rings (SSSR count). The first-order valence-electron chi connectivity index (χ1n) is 10.2. The van der Waals surface area contributed by atoms with Gasteiger partial charge in [0.1, 0.15) is 0 Å². The molecule has 0 atom stereocenters. The first kappa shape index (κ1) is 20.7. The van der Waals surface area contributed by atoms with Gasteiger partial charge in [0.15, 0.2) is 0 Å². The Kier molecular flexibility index (Phi) is 5.93. The molecule has 1 fully saturated rings. The zero-order valence-electron chi connectivity index (χ0n) is 17.2. The van der Waals surface area contributed by atoms with E-state index < -0.39 is 0 Å². The van der Waals surface area contributed by atoms with Crippen LogP contribution in [0.25, 0.3) is 21.9 Å². The smallest absolute Gasteiger partial charge is 0 e. The van der Waals surface area contributed by atoms with Gasteiger partial charge in [0.05, 0.1) is 0 Å². The summed E-state index contributed by atoms with van der Waals surface area (Å²) in [4.78, 5) is 0. The average Bonchev–Trinajstić information content (AvgIpc) is 3.00. The van der Waals surface area contributed by atoms with E-state index >= 15 is 0 Å². The second-order valence-corrected chi connectivity index (χ2v) is 9.35. The van der Waals surface area contributed by atoms with Crippen molar-refractivity contribution >= 4 is 10.8 Å². The predicted molar refractivity (Wildman–Crippen MR) is 114 cm³/mol. The Bertz CT molecular complexity index is 913. The van der Waals surface area contributed by atoms with E-state index in [0.29, 0.717) is 5.41 Å². The minimum Gasteiger partial charge on any atom is -0.164 e. The van der Waals surface area contributed by atoms with E-state index in [9.17, 15) is 0 Å². The van der Waals surface area contributed by atoms with Gasteiger partial charge in [-0.15, -0.1) is 34.5 Å². The largest absolute Gasteiger partial charge is 0.164 e. The summed E-state index contributed by atoms with van der Waals surface area (Å²) in [5, 5.41) is 2.82. The molecule has 0 spiro atoms. The van der Waals surface area contributed by atoms with Crippen LogP contribution in [0.15, 0.2) is 54.6 Å². The molecule has 1 aliphatic carbocycles. The molecule has 3 aromatic rings. The number of benzene rings is 2. The zero-order chi connectivity index (χ0) is 18.4. The molecule has 0 aliphatic heterocycles. The van der Waals surface area contributed by atoms with Crippen LogP contribution in [0.4, 0.5) is 0 Å². The molecular weight excluding hydrogens is 404 g/mol. The molecule has 0 heterocycles. The SMILES string of the molecule is CCC1(Cc2cc3c(-c4ccccc4C(C)(C)C)cccc3[cH-]2)CCC1.[Zr]. The van der Waals surface area contributed by atoms with E-state index in [4.69, 9.17) is 0 Å². The Balaban J connectivity index is 0.00000210. The van der Waals surface area contributed by atoms with Crippen LogP contribution in [0, 0.1) is 5.41 Å². The van der Waals surface area contributed by atoms with Gasteiger partial charge in [-0.1, -0.05) is 76.4 Å².